The number of nitrogens with zero attached hydrogens (tertiary/aromatic N) is 1. The number of nitrogens with one attached hydrogen (secondary N) is 1. The first kappa shape index (κ1) is 27.8. The van der Waals surface area contributed by atoms with Gasteiger partial charge in [-0.05, 0) is 66.9 Å². The Morgan fingerprint density at radius 2 is 1.78 bits per heavy atom. The number of para-hydroxylation sites is 1. The third-order valence-corrected chi connectivity index (χ3v) is 6.14. The number of carbonyl (C=O) groups is 4. The monoisotopic (exact) mass is 526 g/mol. The maximum atomic E-state index is 12.7. The molecule has 0 aliphatic carbocycles. The van der Waals surface area contributed by atoms with E-state index in [0.717, 1.165) is 27.9 Å². The summed E-state index contributed by atoms with van der Waals surface area (Å²) >= 11 is 0.739. The largest absolute Gasteiger partial charge is 0.493 e. The first-order valence-corrected chi connectivity index (χ1v) is 12.5. The summed E-state index contributed by atoms with van der Waals surface area (Å²) in [5, 5.41) is 2.32. The minimum Gasteiger partial charge on any atom is -0.493 e. The predicted molar refractivity (Wildman–Crippen MR) is 142 cm³/mol. The summed E-state index contributed by atoms with van der Waals surface area (Å²) in [7, 11) is 1.46. The lowest BCUT2D eigenvalue weighted by atomic mass is 10.0. The third-order valence-electron chi connectivity index (χ3n) is 5.23. The Kier molecular flexibility index (Phi) is 9.35. The van der Waals surface area contributed by atoms with Gasteiger partial charge >= 0.3 is 5.97 Å². The fraction of sp³-hybridized carbons (Fsp3) is 0.333. The Hall–Kier alpha value is -3.79. The van der Waals surface area contributed by atoms with Gasteiger partial charge in [-0.25, -0.2) is 0 Å². The van der Waals surface area contributed by atoms with E-state index in [0.29, 0.717) is 17.1 Å². The molecule has 1 aliphatic heterocycles. The Balaban J connectivity index is 1.66. The molecule has 0 unspecified atom stereocenters. The van der Waals surface area contributed by atoms with Gasteiger partial charge in [0.25, 0.3) is 17.1 Å². The van der Waals surface area contributed by atoms with Crippen molar-refractivity contribution in [3.05, 3.63) is 58.5 Å². The van der Waals surface area contributed by atoms with Crippen LogP contribution >= 0.6 is 11.8 Å². The normalized spacial score (nSPS) is 14.5. The van der Waals surface area contributed by atoms with Crippen LogP contribution in [0.5, 0.6) is 11.5 Å². The molecular formula is C27H30N2O7S. The van der Waals surface area contributed by atoms with Gasteiger partial charge in [-0.1, -0.05) is 38.1 Å². The number of methoxy groups -OCH3 is 1. The van der Waals surface area contributed by atoms with Crippen LogP contribution in [0.3, 0.4) is 0 Å². The van der Waals surface area contributed by atoms with Gasteiger partial charge in [0.1, 0.15) is 6.54 Å². The number of hydrogen-bond acceptors (Lipinski definition) is 8. The SMILES string of the molecule is COc1cc(C=C2SC(=O)N(CC(=O)OC(C)C)C2=O)ccc1OCC(=O)Nc1ccccc1C(C)C. The van der Waals surface area contributed by atoms with E-state index in [1.165, 1.54) is 13.2 Å². The van der Waals surface area contributed by atoms with Crippen LogP contribution in [0, 0.1) is 0 Å². The summed E-state index contributed by atoms with van der Waals surface area (Å²) in [5.74, 6) is -0.601. The molecule has 0 radical (unpaired) electrons. The fourth-order valence-electron chi connectivity index (χ4n) is 3.55. The van der Waals surface area contributed by atoms with Gasteiger partial charge in [0.15, 0.2) is 18.1 Å². The number of hydrogen-bond donors (Lipinski definition) is 1. The highest BCUT2D eigenvalue weighted by molar-refractivity contribution is 8.18. The van der Waals surface area contributed by atoms with E-state index >= 15 is 0 Å². The van der Waals surface area contributed by atoms with Crippen LogP contribution in [0.2, 0.25) is 0 Å². The number of thioether (sulfide) groups is 1. The fourth-order valence-corrected chi connectivity index (χ4v) is 4.39. The van der Waals surface area contributed by atoms with Gasteiger partial charge in [0, 0.05) is 5.69 Å². The number of ether oxygens (including phenoxy) is 3. The van der Waals surface area contributed by atoms with E-state index in [-0.39, 0.29) is 29.4 Å². The second-order valence-corrected chi connectivity index (χ2v) is 9.79. The summed E-state index contributed by atoms with van der Waals surface area (Å²) in [5.41, 5.74) is 2.34. The molecule has 1 fully saturated rings. The molecular weight excluding hydrogens is 496 g/mol. The summed E-state index contributed by atoms with van der Waals surface area (Å²) < 4.78 is 16.1. The van der Waals surface area contributed by atoms with Crippen LogP contribution in [0.15, 0.2) is 47.4 Å². The van der Waals surface area contributed by atoms with Gasteiger partial charge in [0.05, 0.1) is 18.1 Å². The molecule has 0 bridgehead atoms. The Morgan fingerprint density at radius 1 is 1.05 bits per heavy atom. The van der Waals surface area contributed by atoms with Gasteiger partial charge in [-0.3, -0.25) is 24.1 Å². The lowest BCUT2D eigenvalue weighted by Gasteiger charge is -2.15. The van der Waals surface area contributed by atoms with Crippen molar-refractivity contribution in [1.82, 2.24) is 4.90 Å². The zero-order valence-electron chi connectivity index (χ0n) is 21.4. The molecule has 196 valence electrons. The van der Waals surface area contributed by atoms with Crippen LogP contribution in [0.4, 0.5) is 10.5 Å². The quantitative estimate of drug-likeness (QED) is 0.346. The zero-order chi connectivity index (χ0) is 27.1. The zero-order valence-corrected chi connectivity index (χ0v) is 22.2. The molecule has 3 rings (SSSR count). The topological polar surface area (TPSA) is 111 Å². The Morgan fingerprint density at radius 3 is 2.46 bits per heavy atom. The van der Waals surface area contributed by atoms with Gasteiger partial charge < -0.3 is 19.5 Å². The van der Waals surface area contributed by atoms with Crippen LogP contribution in [-0.2, 0) is 19.1 Å². The molecule has 9 nitrogen and oxygen atoms in total. The molecule has 1 heterocycles. The van der Waals surface area contributed by atoms with Gasteiger partial charge in [0.2, 0.25) is 0 Å². The summed E-state index contributed by atoms with van der Waals surface area (Å²) in [6.07, 6.45) is 1.18. The van der Waals surface area contributed by atoms with Crippen molar-refractivity contribution in [3.63, 3.8) is 0 Å². The Labute approximate surface area is 220 Å². The lowest BCUT2D eigenvalue weighted by molar-refractivity contribution is -0.149. The first-order valence-electron chi connectivity index (χ1n) is 11.7. The van der Waals surface area contributed by atoms with E-state index in [9.17, 15) is 19.2 Å². The van der Waals surface area contributed by atoms with E-state index in [2.05, 4.69) is 19.2 Å². The molecule has 3 amide bonds. The lowest BCUT2D eigenvalue weighted by Crippen LogP contribution is -2.35. The number of imide groups is 1. The highest BCUT2D eigenvalue weighted by Crippen LogP contribution is 2.34. The van der Waals surface area contributed by atoms with Crippen molar-refractivity contribution in [3.8, 4) is 11.5 Å². The van der Waals surface area contributed by atoms with Crippen LogP contribution in [-0.4, -0.2) is 54.3 Å². The summed E-state index contributed by atoms with van der Waals surface area (Å²) in [6.45, 7) is 6.80. The Bertz CT molecular complexity index is 1220. The average Bonchev–Trinajstić information content (AvgIpc) is 3.10. The van der Waals surface area contributed by atoms with Crippen LogP contribution < -0.4 is 14.8 Å². The van der Waals surface area contributed by atoms with Crippen molar-refractivity contribution in [1.29, 1.82) is 0 Å². The third kappa shape index (κ3) is 7.36. The van der Waals surface area contributed by atoms with Crippen LogP contribution in [0.1, 0.15) is 44.7 Å². The molecule has 2 aromatic carbocycles. The molecule has 0 spiro atoms. The summed E-state index contributed by atoms with van der Waals surface area (Å²) in [6, 6.07) is 12.5. The number of carbonyl (C=O) groups excluding carboxylic acids is 4. The number of anilines is 1. The van der Waals surface area contributed by atoms with E-state index in [4.69, 9.17) is 14.2 Å². The van der Waals surface area contributed by atoms with E-state index in [1.54, 1.807) is 32.0 Å². The van der Waals surface area contributed by atoms with E-state index in [1.807, 2.05) is 24.3 Å². The van der Waals surface area contributed by atoms with E-state index < -0.39 is 23.7 Å². The molecule has 2 aromatic rings. The van der Waals surface area contributed by atoms with Crippen molar-refractivity contribution >= 4 is 46.5 Å². The highest BCUT2D eigenvalue weighted by atomic mass is 32.2. The molecule has 1 saturated heterocycles. The molecule has 10 heteroatoms. The number of amides is 3. The maximum Gasteiger partial charge on any atom is 0.326 e. The van der Waals surface area contributed by atoms with Gasteiger partial charge in [-0.15, -0.1) is 0 Å². The van der Waals surface area contributed by atoms with Crippen LogP contribution in [0.25, 0.3) is 6.08 Å². The minimum absolute atomic E-state index is 0.168. The maximum absolute atomic E-state index is 12.7. The number of benzene rings is 2. The first-order chi connectivity index (χ1) is 17.6. The molecule has 1 aliphatic rings. The summed E-state index contributed by atoms with van der Waals surface area (Å²) in [4.78, 5) is 50.3. The smallest absolute Gasteiger partial charge is 0.326 e. The second kappa shape index (κ2) is 12.4. The van der Waals surface area contributed by atoms with Crippen molar-refractivity contribution in [2.24, 2.45) is 0 Å². The van der Waals surface area contributed by atoms with Gasteiger partial charge in [-0.2, -0.15) is 0 Å². The molecule has 0 saturated carbocycles. The molecule has 1 N–H and O–H groups in total. The molecule has 37 heavy (non-hydrogen) atoms. The average molecular weight is 527 g/mol. The predicted octanol–water partition coefficient (Wildman–Crippen LogP) is 4.82. The minimum atomic E-state index is -0.654. The van der Waals surface area contributed by atoms with Crippen molar-refractivity contribution in [2.45, 2.75) is 39.7 Å². The van der Waals surface area contributed by atoms with Crippen molar-refractivity contribution in [2.75, 3.05) is 25.6 Å². The number of rotatable bonds is 10. The molecule has 0 aromatic heterocycles. The van der Waals surface area contributed by atoms with Crippen molar-refractivity contribution < 1.29 is 33.4 Å². The highest BCUT2D eigenvalue weighted by Gasteiger charge is 2.36. The second-order valence-electron chi connectivity index (χ2n) is 8.80. The number of esters is 1. The molecule has 0 atom stereocenters. The standard InChI is InChI=1S/C27H30N2O7S/c1-16(2)19-8-6-7-9-20(19)28-24(30)15-35-21-11-10-18(12-22(21)34-5)13-23-26(32)29(27(33)37-23)14-25(31)36-17(3)4/h6-13,16-17H,14-15H2,1-5H3,(H,28,30).